The van der Waals surface area contributed by atoms with E-state index in [0.29, 0.717) is 18.8 Å². The van der Waals surface area contributed by atoms with Gasteiger partial charge in [0.05, 0.1) is 12.1 Å². The smallest absolute Gasteiger partial charge is 0.345 e. The van der Waals surface area contributed by atoms with Crippen molar-refractivity contribution in [3.05, 3.63) is 89.2 Å². The lowest BCUT2D eigenvalue weighted by atomic mass is 10.0. The standard InChI is InChI=1S/C26H30F3N3O/c1-18(2)20(4)32(25(33)30-23-12-10-22(11-13-23)26(27,28)29)17-24-9-6-14-31(24)16-21-8-5-7-19(3)15-21/h5-15,18,20H,16-17H2,1-4H3,(H,30,33). The molecule has 0 radical (unpaired) electrons. The Morgan fingerprint density at radius 3 is 2.33 bits per heavy atom. The summed E-state index contributed by atoms with van der Waals surface area (Å²) in [5, 5.41) is 2.76. The first kappa shape index (κ1) is 24.4. The van der Waals surface area contributed by atoms with Gasteiger partial charge in [-0.2, -0.15) is 13.2 Å². The Kier molecular flexibility index (Phi) is 7.51. The number of carbonyl (C=O) groups excluding carboxylic acids is 1. The maximum absolute atomic E-state index is 13.2. The third-order valence-corrected chi connectivity index (χ3v) is 5.87. The highest BCUT2D eigenvalue weighted by Crippen LogP contribution is 2.30. The maximum atomic E-state index is 13.2. The van der Waals surface area contributed by atoms with Gasteiger partial charge in [0.2, 0.25) is 0 Å². The van der Waals surface area contributed by atoms with Crippen molar-refractivity contribution in [3.63, 3.8) is 0 Å². The third kappa shape index (κ3) is 6.40. The molecular formula is C26H30F3N3O. The second kappa shape index (κ2) is 10.1. The van der Waals surface area contributed by atoms with Gasteiger partial charge in [-0.3, -0.25) is 0 Å². The minimum atomic E-state index is -4.41. The van der Waals surface area contributed by atoms with Crippen LogP contribution in [-0.2, 0) is 19.3 Å². The summed E-state index contributed by atoms with van der Waals surface area (Å²) in [6.45, 7) is 9.17. The molecule has 4 nitrogen and oxygen atoms in total. The highest BCUT2D eigenvalue weighted by Gasteiger charge is 2.30. The number of benzene rings is 2. The van der Waals surface area contributed by atoms with E-state index in [1.54, 1.807) is 4.90 Å². The lowest BCUT2D eigenvalue weighted by Gasteiger charge is -2.32. The van der Waals surface area contributed by atoms with E-state index >= 15 is 0 Å². The van der Waals surface area contributed by atoms with E-state index in [2.05, 4.69) is 35.0 Å². The van der Waals surface area contributed by atoms with Crippen LogP contribution >= 0.6 is 0 Å². The molecule has 0 spiro atoms. The van der Waals surface area contributed by atoms with Crippen LogP contribution in [0.4, 0.5) is 23.7 Å². The molecule has 1 aromatic heterocycles. The van der Waals surface area contributed by atoms with Crippen molar-refractivity contribution in [2.24, 2.45) is 5.92 Å². The first-order valence-corrected chi connectivity index (χ1v) is 11.0. The highest BCUT2D eigenvalue weighted by molar-refractivity contribution is 5.89. The molecule has 0 aliphatic rings. The molecule has 2 amide bonds. The summed E-state index contributed by atoms with van der Waals surface area (Å²) in [6.07, 6.45) is -2.42. The molecule has 1 heterocycles. The second-order valence-corrected chi connectivity index (χ2v) is 8.73. The average Bonchev–Trinajstić information content (AvgIpc) is 3.17. The lowest BCUT2D eigenvalue weighted by Crippen LogP contribution is -2.43. The van der Waals surface area contributed by atoms with Gasteiger partial charge in [0.25, 0.3) is 0 Å². The van der Waals surface area contributed by atoms with Crippen LogP contribution in [0.15, 0.2) is 66.9 Å². The van der Waals surface area contributed by atoms with Crippen molar-refractivity contribution >= 4 is 11.7 Å². The summed E-state index contributed by atoms with van der Waals surface area (Å²) < 4.78 is 40.6. The number of hydrogen-bond acceptors (Lipinski definition) is 1. The lowest BCUT2D eigenvalue weighted by molar-refractivity contribution is -0.137. The predicted molar refractivity (Wildman–Crippen MR) is 125 cm³/mol. The van der Waals surface area contributed by atoms with Gasteiger partial charge >= 0.3 is 12.2 Å². The summed E-state index contributed by atoms with van der Waals surface area (Å²) in [6, 6.07) is 16.3. The first-order chi connectivity index (χ1) is 15.5. The molecule has 33 heavy (non-hydrogen) atoms. The zero-order chi connectivity index (χ0) is 24.2. The quantitative estimate of drug-likeness (QED) is 0.410. The topological polar surface area (TPSA) is 37.3 Å². The Bertz CT molecular complexity index is 1070. The van der Waals surface area contributed by atoms with E-state index in [1.165, 1.54) is 23.3 Å². The number of rotatable bonds is 7. The average molecular weight is 458 g/mol. The Morgan fingerprint density at radius 1 is 1.03 bits per heavy atom. The number of halogens is 3. The largest absolute Gasteiger partial charge is 0.416 e. The molecule has 1 atom stereocenters. The van der Waals surface area contributed by atoms with Gasteiger partial charge < -0.3 is 14.8 Å². The van der Waals surface area contributed by atoms with Gasteiger partial charge in [0.15, 0.2) is 0 Å². The van der Waals surface area contributed by atoms with Crippen LogP contribution in [0.5, 0.6) is 0 Å². The van der Waals surface area contributed by atoms with Crippen molar-refractivity contribution in [2.75, 3.05) is 5.32 Å². The van der Waals surface area contributed by atoms with Gasteiger partial charge in [0, 0.05) is 30.2 Å². The number of nitrogens with zero attached hydrogens (tertiary/aromatic N) is 2. The van der Waals surface area contributed by atoms with Crippen LogP contribution in [-0.4, -0.2) is 21.5 Å². The predicted octanol–water partition coefficient (Wildman–Crippen LogP) is 6.94. The fourth-order valence-corrected chi connectivity index (χ4v) is 3.63. The Hall–Kier alpha value is -3.22. The monoisotopic (exact) mass is 457 g/mol. The van der Waals surface area contributed by atoms with Crippen LogP contribution < -0.4 is 5.32 Å². The molecule has 1 unspecified atom stereocenters. The number of carbonyl (C=O) groups is 1. The van der Waals surface area contributed by atoms with E-state index in [1.807, 2.05) is 45.2 Å². The van der Waals surface area contributed by atoms with Crippen molar-refractivity contribution in [1.29, 1.82) is 0 Å². The van der Waals surface area contributed by atoms with Crippen LogP contribution in [0.3, 0.4) is 0 Å². The van der Waals surface area contributed by atoms with Crippen LogP contribution in [0, 0.1) is 12.8 Å². The van der Waals surface area contributed by atoms with Gasteiger partial charge in [-0.15, -0.1) is 0 Å². The minimum absolute atomic E-state index is 0.0817. The normalized spacial score (nSPS) is 12.6. The van der Waals surface area contributed by atoms with Crippen molar-refractivity contribution in [3.8, 4) is 0 Å². The number of anilines is 1. The fraction of sp³-hybridized carbons (Fsp3) is 0.346. The van der Waals surface area contributed by atoms with E-state index in [4.69, 9.17) is 0 Å². The van der Waals surface area contributed by atoms with E-state index in [-0.39, 0.29) is 18.0 Å². The number of aromatic nitrogens is 1. The number of alkyl halides is 3. The Morgan fingerprint density at radius 2 is 1.73 bits per heavy atom. The number of amides is 2. The molecule has 0 aliphatic heterocycles. The number of aryl methyl sites for hydroxylation is 1. The maximum Gasteiger partial charge on any atom is 0.416 e. The van der Waals surface area contributed by atoms with E-state index in [0.717, 1.165) is 17.8 Å². The number of nitrogens with one attached hydrogen (secondary N) is 1. The first-order valence-electron chi connectivity index (χ1n) is 11.0. The van der Waals surface area contributed by atoms with Gasteiger partial charge in [0.1, 0.15) is 0 Å². The second-order valence-electron chi connectivity index (χ2n) is 8.73. The van der Waals surface area contributed by atoms with Crippen molar-refractivity contribution in [1.82, 2.24) is 9.47 Å². The molecule has 1 N–H and O–H groups in total. The number of urea groups is 1. The van der Waals surface area contributed by atoms with Crippen LogP contribution in [0.25, 0.3) is 0 Å². The highest BCUT2D eigenvalue weighted by atomic mass is 19.4. The third-order valence-electron chi connectivity index (χ3n) is 5.87. The summed E-state index contributed by atoms with van der Waals surface area (Å²) in [5.74, 6) is 0.198. The Labute approximate surface area is 193 Å². The number of hydrogen-bond donors (Lipinski definition) is 1. The molecule has 0 aliphatic carbocycles. The molecule has 2 aromatic carbocycles. The SMILES string of the molecule is Cc1cccc(Cn2cccc2CN(C(=O)Nc2ccc(C(F)(F)F)cc2)C(C)C(C)C)c1. The zero-order valence-electron chi connectivity index (χ0n) is 19.4. The molecular weight excluding hydrogens is 427 g/mol. The Balaban J connectivity index is 1.78. The molecule has 3 aromatic rings. The van der Waals surface area contributed by atoms with Gasteiger partial charge in [-0.25, -0.2) is 4.79 Å². The fourth-order valence-electron chi connectivity index (χ4n) is 3.63. The molecule has 176 valence electrons. The van der Waals surface area contributed by atoms with Crippen LogP contribution in [0.2, 0.25) is 0 Å². The summed E-state index contributed by atoms with van der Waals surface area (Å²) in [5.41, 5.74) is 2.91. The molecule has 0 fully saturated rings. The molecule has 7 heteroatoms. The van der Waals surface area contributed by atoms with Gasteiger partial charge in [-0.05, 0) is 61.7 Å². The zero-order valence-corrected chi connectivity index (χ0v) is 19.4. The van der Waals surface area contributed by atoms with E-state index in [9.17, 15) is 18.0 Å². The summed E-state index contributed by atoms with van der Waals surface area (Å²) in [7, 11) is 0. The van der Waals surface area contributed by atoms with Crippen LogP contribution in [0.1, 0.15) is 43.2 Å². The minimum Gasteiger partial charge on any atom is -0.345 e. The molecule has 3 rings (SSSR count). The molecule has 0 saturated heterocycles. The van der Waals surface area contributed by atoms with E-state index < -0.39 is 11.7 Å². The molecule has 0 saturated carbocycles. The summed E-state index contributed by atoms with van der Waals surface area (Å²) in [4.78, 5) is 14.9. The van der Waals surface area contributed by atoms with Gasteiger partial charge in [-0.1, -0.05) is 43.7 Å². The summed E-state index contributed by atoms with van der Waals surface area (Å²) >= 11 is 0. The molecule has 0 bridgehead atoms. The van der Waals surface area contributed by atoms with Crippen molar-refractivity contribution < 1.29 is 18.0 Å². The van der Waals surface area contributed by atoms with Crippen molar-refractivity contribution in [2.45, 2.75) is 53.0 Å².